The molecule has 0 aromatic heterocycles. The van der Waals surface area contributed by atoms with Crippen molar-refractivity contribution < 1.29 is 13.2 Å². The Balaban J connectivity index is 2.87. The first-order valence-electron chi connectivity index (χ1n) is 5.25. The van der Waals surface area contributed by atoms with Crippen LogP contribution in [0.25, 0.3) is 0 Å². The fraction of sp³-hybridized carbons (Fsp3) is 0.778. The maximum absolute atomic E-state index is 11.9. The number of thioether (sulfide) groups is 1. The molecule has 2 N–H and O–H groups in total. The van der Waals surface area contributed by atoms with Crippen LogP contribution < -0.4 is 5.73 Å². The monoisotopic (exact) mass is 296 g/mol. The summed E-state index contributed by atoms with van der Waals surface area (Å²) in [6, 6.07) is 0. The van der Waals surface area contributed by atoms with Gasteiger partial charge in [0.1, 0.15) is 5.37 Å². The van der Waals surface area contributed by atoms with E-state index < -0.39 is 15.2 Å². The molecule has 0 radical (unpaired) electrons. The largest absolute Gasteiger partial charge is 0.393 e. The molecule has 0 bridgehead atoms. The van der Waals surface area contributed by atoms with E-state index in [4.69, 9.17) is 5.73 Å². The Morgan fingerprint density at radius 2 is 2.24 bits per heavy atom. The molecule has 1 heterocycles. The van der Waals surface area contributed by atoms with Gasteiger partial charge in [-0.2, -0.15) is 11.8 Å². The van der Waals surface area contributed by atoms with Crippen molar-refractivity contribution >= 4 is 44.7 Å². The van der Waals surface area contributed by atoms with Crippen LogP contribution >= 0.6 is 24.0 Å². The summed E-state index contributed by atoms with van der Waals surface area (Å²) in [6.45, 7) is 2.03. The molecule has 0 aromatic rings. The lowest BCUT2D eigenvalue weighted by Crippen LogP contribution is -2.51. The van der Waals surface area contributed by atoms with E-state index in [1.54, 1.807) is 18.7 Å². The second kappa shape index (κ2) is 6.01. The van der Waals surface area contributed by atoms with Crippen LogP contribution in [0.3, 0.4) is 0 Å². The summed E-state index contributed by atoms with van der Waals surface area (Å²) in [4.78, 5) is 13.4. The average Bonchev–Trinajstić information content (AvgIpc) is 2.28. The van der Waals surface area contributed by atoms with Gasteiger partial charge in [0.05, 0.1) is 11.4 Å². The Kier molecular flexibility index (Phi) is 5.21. The van der Waals surface area contributed by atoms with E-state index in [9.17, 15) is 13.2 Å². The molecule has 1 rings (SSSR count). The first kappa shape index (κ1) is 14.7. The van der Waals surface area contributed by atoms with Gasteiger partial charge in [0.25, 0.3) is 0 Å². The van der Waals surface area contributed by atoms with Crippen molar-refractivity contribution in [2.45, 2.75) is 18.7 Å². The minimum atomic E-state index is -3.25. The molecule has 0 saturated carbocycles. The first-order valence-corrected chi connectivity index (χ1v) is 8.53. The second-order valence-corrected chi connectivity index (χ2v) is 7.83. The van der Waals surface area contributed by atoms with Crippen LogP contribution in [0.5, 0.6) is 0 Å². The highest BCUT2D eigenvalue weighted by atomic mass is 32.2. The summed E-state index contributed by atoms with van der Waals surface area (Å²) in [5, 5.41) is -0.729. The molecule has 1 fully saturated rings. The second-order valence-electron chi connectivity index (χ2n) is 3.71. The van der Waals surface area contributed by atoms with E-state index in [0.717, 1.165) is 5.75 Å². The minimum Gasteiger partial charge on any atom is -0.393 e. The van der Waals surface area contributed by atoms with Gasteiger partial charge in [-0.3, -0.25) is 4.79 Å². The zero-order valence-electron chi connectivity index (χ0n) is 9.59. The molecule has 17 heavy (non-hydrogen) atoms. The third-order valence-corrected chi connectivity index (χ3v) is 5.98. The predicted molar refractivity (Wildman–Crippen MR) is 73.7 cm³/mol. The SMILES string of the molecule is CCS(=O)(=O)C1CSCCN1C(=O)CC(N)=S. The van der Waals surface area contributed by atoms with Gasteiger partial charge in [0.15, 0.2) is 9.84 Å². The number of hydrogen-bond acceptors (Lipinski definition) is 5. The van der Waals surface area contributed by atoms with Gasteiger partial charge in [-0.25, -0.2) is 8.42 Å². The van der Waals surface area contributed by atoms with E-state index >= 15 is 0 Å². The van der Waals surface area contributed by atoms with Crippen LogP contribution in [0.4, 0.5) is 0 Å². The smallest absolute Gasteiger partial charge is 0.230 e. The van der Waals surface area contributed by atoms with Crippen molar-refractivity contribution in [2.75, 3.05) is 23.8 Å². The molecule has 1 amide bonds. The Morgan fingerprint density at radius 3 is 2.76 bits per heavy atom. The molecule has 5 nitrogen and oxygen atoms in total. The molecular formula is C9H16N2O3S3. The number of sulfone groups is 1. The summed E-state index contributed by atoms with van der Waals surface area (Å²) in [5.41, 5.74) is 5.32. The van der Waals surface area contributed by atoms with Crippen molar-refractivity contribution in [3.05, 3.63) is 0 Å². The lowest BCUT2D eigenvalue weighted by atomic mass is 10.3. The number of hydrogen-bond donors (Lipinski definition) is 1. The molecule has 1 aliphatic heterocycles. The Labute approximate surface area is 111 Å². The van der Waals surface area contributed by atoms with E-state index in [0.29, 0.717) is 12.3 Å². The maximum atomic E-state index is 11.9. The Morgan fingerprint density at radius 1 is 1.59 bits per heavy atom. The van der Waals surface area contributed by atoms with Crippen molar-refractivity contribution in [1.82, 2.24) is 4.90 Å². The predicted octanol–water partition coefficient (Wildman–Crippen LogP) is -0.00120. The minimum absolute atomic E-state index is 0.0368. The number of carbonyl (C=O) groups is 1. The van der Waals surface area contributed by atoms with Crippen molar-refractivity contribution in [2.24, 2.45) is 5.73 Å². The summed E-state index contributed by atoms with van der Waals surface area (Å²) >= 11 is 6.23. The number of carbonyl (C=O) groups excluding carboxylic acids is 1. The lowest BCUT2D eigenvalue weighted by Gasteiger charge is -2.34. The van der Waals surface area contributed by atoms with Crippen LogP contribution in [-0.2, 0) is 14.6 Å². The summed E-state index contributed by atoms with van der Waals surface area (Å²) < 4.78 is 23.8. The quantitative estimate of drug-likeness (QED) is 0.736. The fourth-order valence-electron chi connectivity index (χ4n) is 1.61. The number of amides is 1. The van der Waals surface area contributed by atoms with Crippen LogP contribution in [0.15, 0.2) is 0 Å². The normalized spacial score (nSPS) is 21.2. The van der Waals surface area contributed by atoms with Gasteiger partial charge in [-0.15, -0.1) is 0 Å². The molecule has 1 aliphatic rings. The van der Waals surface area contributed by atoms with E-state index in [1.165, 1.54) is 4.90 Å². The highest BCUT2D eigenvalue weighted by molar-refractivity contribution is 8.01. The number of rotatable bonds is 4. The summed E-state index contributed by atoms with van der Waals surface area (Å²) in [6.07, 6.45) is -0.0598. The lowest BCUT2D eigenvalue weighted by molar-refractivity contribution is -0.130. The molecular weight excluding hydrogens is 280 g/mol. The van der Waals surface area contributed by atoms with E-state index in [2.05, 4.69) is 12.2 Å². The van der Waals surface area contributed by atoms with Crippen molar-refractivity contribution in [1.29, 1.82) is 0 Å². The topological polar surface area (TPSA) is 80.5 Å². The summed E-state index contributed by atoms with van der Waals surface area (Å²) in [5.74, 6) is 0.924. The molecule has 1 saturated heterocycles. The van der Waals surface area contributed by atoms with Gasteiger partial charge in [0, 0.05) is 23.8 Å². The van der Waals surface area contributed by atoms with Gasteiger partial charge in [-0.05, 0) is 0 Å². The molecule has 0 aromatic carbocycles. The number of thiocarbonyl (C=S) groups is 1. The van der Waals surface area contributed by atoms with Crippen LogP contribution in [0.2, 0.25) is 0 Å². The standard InChI is InChI=1S/C9H16N2O3S3/c1-2-17(13,14)9-6-16-4-3-11(9)8(12)5-7(10)15/h9H,2-6H2,1H3,(H2,10,15). The number of nitrogens with two attached hydrogens (primary N) is 1. The van der Waals surface area contributed by atoms with Gasteiger partial charge >= 0.3 is 0 Å². The molecule has 8 heteroatoms. The fourth-order valence-corrected chi connectivity index (χ4v) is 4.72. The average molecular weight is 296 g/mol. The van der Waals surface area contributed by atoms with Crippen LogP contribution in [0.1, 0.15) is 13.3 Å². The van der Waals surface area contributed by atoms with Gasteiger partial charge in [0.2, 0.25) is 5.91 Å². The maximum Gasteiger partial charge on any atom is 0.230 e. The van der Waals surface area contributed by atoms with Crippen molar-refractivity contribution in [3.8, 4) is 0 Å². The summed E-state index contributed by atoms with van der Waals surface area (Å²) in [7, 11) is -3.25. The Hall–Kier alpha value is -0.340. The van der Waals surface area contributed by atoms with Crippen LogP contribution in [0, 0.1) is 0 Å². The highest BCUT2D eigenvalue weighted by Crippen LogP contribution is 2.22. The van der Waals surface area contributed by atoms with Crippen molar-refractivity contribution in [3.63, 3.8) is 0 Å². The molecule has 98 valence electrons. The zero-order chi connectivity index (χ0) is 13.1. The number of nitrogens with zero attached hydrogens (tertiary/aromatic N) is 1. The molecule has 0 spiro atoms. The van der Waals surface area contributed by atoms with Gasteiger partial charge in [-0.1, -0.05) is 19.1 Å². The third kappa shape index (κ3) is 3.82. The van der Waals surface area contributed by atoms with E-state index in [1.807, 2.05) is 0 Å². The first-order chi connectivity index (χ1) is 7.88. The van der Waals surface area contributed by atoms with E-state index in [-0.39, 0.29) is 23.1 Å². The van der Waals surface area contributed by atoms with Gasteiger partial charge < -0.3 is 10.6 Å². The highest BCUT2D eigenvalue weighted by Gasteiger charge is 2.35. The molecule has 1 unspecified atom stereocenters. The molecule has 0 aliphatic carbocycles. The Bertz CT molecular complexity index is 408. The molecule has 1 atom stereocenters. The zero-order valence-corrected chi connectivity index (χ0v) is 12.0. The third-order valence-electron chi connectivity index (χ3n) is 2.55. The van der Waals surface area contributed by atoms with Crippen LogP contribution in [-0.4, -0.2) is 53.4 Å².